The highest BCUT2D eigenvalue weighted by molar-refractivity contribution is 5.78. The summed E-state index contributed by atoms with van der Waals surface area (Å²) >= 11 is 0. The Labute approximate surface area is 121 Å². The molecular formula is C14H27N3O3. The van der Waals surface area contributed by atoms with E-state index in [0.717, 1.165) is 25.7 Å². The maximum Gasteiger partial charge on any atom is 0.410 e. The van der Waals surface area contributed by atoms with Crippen molar-refractivity contribution in [3.63, 3.8) is 0 Å². The fourth-order valence-electron chi connectivity index (χ4n) is 2.48. The Hall–Kier alpha value is -1.30. The van der Waals surface area contributed by atoms with Gasteiger partial charge in [0.2, 0.25) is 5.91 Å². The van der Waals surface area contributed by atoms with Gasteiger partial charge in [0.15, 0.2) is 0 Å². The summed E-state index contributed by atoms with van der Waals surface area (Å²) in [7, 11) is 1.73. The molecule has 0 spiro atoms. The van der Waals surface area contributed by atoms with Crippen LogP contribution < -0.4 is 11.1 Å². The third kappa shape index (κ3) is 5.00. The molecule has 2 atom stereocenters. The lowest BCUT2D eigenvalue weighted by Gasteiger charge is -2.38. The van der Waals surface area contributed by atoms with Gasteiger partial charge in [-0.1, -0.05) is 12.8 Å². The SMILES string of the molecule is CN(C(=O)OC(C)(C)C)C1CCCCC1NC(=O)CN. The van der Waals surface area contributed by atoms with Gasteiger partial charge in [-0.3, -0.25) is 4.79 Å². The van der Waals surface area contributed by atoms with Crippen LogP contribution in [-0.4, -0.2) is 48.2 Å². The van der Waals surface area contributed by atoms with Gasteiger partial charge in [0.1, 0.15) is 5.60 Å². The minimum atomic E-state index is -0.518. The number of nitrogens with one attached hydrogen (secondary N) is 1. The molecule has 2 unspecified atom stereocenters. The van der Waals surface area contributed by atoms with Gasteiger partial charge in [0.05, 0.1) is 12.6 Å². The van der Waals surface area contributed by atoms with E-state index in [1.807, 2.05) is 20.8 Å². The summed E-state index contributed by atoms with van der Waals surface area (Å²) in [5, 5.41) is 2.90. The Morgan fingerprint density at radius 1 is 1.30 bits per heavy atom. The number of ether oxygens (including phenoxy) is 1. The number of rotatable bonds is 3. The van der Waals surface area contributed by atoms with Gasteiger partial charge in [-0.2, -0.15) is 0 Å². The Morgan fingerprint density at radius 2 is 1.90 bits per heavy atom. The summed E-state index contributed by atoms with van der Waals surface area (Å²) in [6.45, 7) is 5.49. The van der Waals surface area contributed by atoms with E-state index in [-0.39, 0.29) is 30.6 Å². The predicted molar refractivity (Wildman–Crippen MR) is 77.2 cm³/mol. The second-order valence-electron chi connectivity index (χ2n) is 6.32. The van der Waals surface area contributed by atoms with Crippen LogP contribution in [0.3, 0.4) is 0 Å². The third-order valence-corrected chi connectivity index (χ3v) is 3.44. The number of carbonyl (C=O) groups excluding carboxylic acids is 2. The first kappa shape index (κ1) is 16.8. The number of hydrogen-bond acceptors (Lipinski definition) is 4. The smallest absolute Gasteiger partial charge is 0.410 e. The van der Waals surface area contributed by atoms with Gasteiger partial charge >= 0.3 is 6.09 Å². The van der Waals surface area contributed by atoms with E-state index in [1.54, 1.807) is 11.9 Å². The van der Waals surface area contributed by atoms with Crippen molar-refractivity contribution in [3.05, 3.63) is 0 Å². The predicted octanol–water partition coefficient (Wildman–Crippen LogP) is 1.24. The van der Waals surface area contributed by atoms with Crippen molar-refractivity contribution in [2.75, 3.05) is 13.6 Å². The fourth-order valence-corrected chi connectivity index (χ4v) is 2.48. The van der Waals surface area contributed by atoms with E-state index in [2.05, 4.69) is 5.32 Å². The zero-order chi connectivity index (χ0) is 15.3. The molecule has 0 aliphatic heterocycles. The van der Waals surface area contributed by atoms with Gasteiger partial charge in [-0.25, -0.2) is 4.79 Å². The lowest BCUT2D eigenvalue weighted by atomic mass is 9.89. The summed E-state index contributed by atoms with van der Waals surface area (Å²) in [6.07, 6.45) is 3.48. The molecule has 0 aromatic carbocycles. The van der Waals surface area contributed by atoms with Gasteiger partial charge in [-0.15, -0.1) is 0 Å². The second-order valence-corrected chi connectivity index (χ2v) is 6.32. The van der Waals surface area contributed by atoms with E-state index >= 15 is 0 Å². The lowest BCUT2D eigenvalue weighted by Crippen LogP contribution is -2.55. The van der Waals surface area contributed by atoms with Crippen LogP contribution in [0.2, 0.25) is 0 Å². The average Bonchev–Trinajstić information content (AvgIpc) is 2.36. The first-order valence-electron chi connectivity index (χ1n) is 7.20. The number of hydrogen-bond donors (Lipinski definition) is 2. The van der Waals surface area contributed by atoms with Crippen LogP contribution in [-0.2, 0) is 9.53 Å². The number of amides is 2. The molecule has 0 heterocycles. The van der Waals surface area contributed by atoms with Crippen LogP contribution in [0.5, 0.6) is 0 Å². The Bertz CT molecular complexity index is 352. The van der Waals surface area contributed by atoms with Crippen LogP contribution in [0.4, 0.5) is 4.79 Å². The first-order chi connectivity index (χ1) is 9.24. The molecule has 0 saturated heterocycles. The highest BCUT2D eigenvalue weighted by Gasteiger charge is 2.33. The third-order valence-electron chi connectivity index (χ3n) is 3.44. The lowest BCUT2D eigenvalue weighted by molar-refractivity contribution is -0.121. The molecule has 1 rings (SSSR count). The normalized spacial score (nSPS) is 23.1. The van der Waals surface area contributed by atoms with Gasteiger partial charge in [0, 0.05) is 13.1 Å². The van der Waals surface area contributed by atoms with Crippen LogP contribution in [0.1, 0.15) is 46.5 Å². The monoisotopic (exact) mass is 285 g/mol. The fraction of sp³-hybridized carbons (Fsp3) is 0.857. The van der Waals surface area contributed by atoms with Crippen molar-refractivity contribution in [1.82, 2.24) is 10.2 Å². The van der Waals surface area contributed by atoms with Crippen molar-refractivity contribution in [2.24, 2.45) is 5.73 Å². The molecule has 1 saturated carbocycles. The number of carbonyl (C=O) groups is 2. The maximum atomic E-state index is 12.1. The topological polar surface area (TPSA) is 84.7 Å². The standard InChI is InChI=1S/C14H27N3O3/c1-14(2,3)20-13(19)17(4)11-8-6-5-7-10(11)16-12(18)9-15/h10-11H,5-9,15H2,1-4H3,(H,16,18). The second kappa shape index (κ2) is 6.92. The van der Waals surface area contributed by atoms with Crippen LogP contribution >= 0.6 is 0 Å². The Morgan fingerprint density at radius 3 is 2.45 bits per heavy atom. The van der Waals surface area contributed by atoms with E-state index in [1.165, 1.54) is 0 Å². The molecular weight excluding hydrogens is 258 g/mol. The van der Waals surface area contributed by atoms with E-state index in [4.69, 9.17) is 10.5 Å². The molecule has 0 aromatic rings. The largest absolute Gasteiger partial charge is 0.444 e. The molecule has 1 fully saturated rings. The number of nitrogens with zero attached hydrogens (tertiary/aromatic N) is 1. The highest BCUT2D eigenvalue weighted by Crippen LogP contribution is 2.24. The summed E-state index contributed by atoms with van der Waals surface area (Å²) < 4.78 is 5.38. The zero-order valence-electron chi connectivity index (χ0n) is 12.9. The molecule has 6 heteroatoms. The van der Waals surface area contributed by atoms with Gasteiger partial charge < -0.3 is 20.7 Å². The molecule has 1 aliphatic carbocycles. The van der Waals surface area contributed by atoms with Crippen LogP contribution in [0.15, 0.2) is 0 Å². The molecule has 0 bridgehead atoms. The average molecular weight is 285 g/mol. The molecule has 3 N–H and O–H groups in total. The quantitative estimate of drug-likeness (QED) is 0.817. The maximum absolute atomic E-state index is 12.1. The highest BCUT2D eigenvalue weighted by atomic mass is 16.6. The zero-order valence-corrected chi connectivity index (χ0v) is 12.9. The Balaban J connectivity index is 2.68. The molecule has 2 amide bonds. The molecule has 1 aliphatic rings. The van der Waals surface area contributed by atoms with E-state index < -0.39 is 5.60 Å². The van der Waals surface area contributed by atoms with Crippen molar-refractivity contribution < 1.29 is 14.3 Å². The minimum Gasteiger partial charge on any atom is -0.444 e. The summed E-state index contributed by atoms with van der Waals surface area (Å²) in [5.74, 6) is -0.181. The van der Waals surface area contributed by atoms with Crippen LogP contribution in [0, 0.1) is 0 Å². The summed E-state index contributed by atoms with van der Waals surface area (Å²) in [5.41, 5.74) is 4.82. The van der Waals surface area contributed by atoms with E-state index in [0.29, 0.717) is 0 Å². The molecule has 0 aromatic heterocycles. The first-order valence-corrected chi connectivity index (χ1v) is 7.20. The molecule has 20 heavy (non-hydrogen) atoms. The molecule has 6 nitrogen and oxygen atoms in total. The molecule has 116 valence electrons. The van der Waals surface area contributed by atoms with Gasteiger partial charge in [-0.05, 0) is 33.6 Å². The Kier molecular flexibility index (Phi) is 5.80. The van der Waals surface area contributed by atoms with E-state index in [9.17, 15) is 9.59 Å². The van der Waals surface area contributed by atoms with Crippen molar-refractivity contribution >= 4 is 12.0 Å². The number of likely N-dealkylation sites (N-methyl/N-ethyl adjacent to an activating group) is 1. The molecule has 0 radical (unpaired) electrons. The van der Waals surface area contributed by atoms with Crippen LogP contribution in [0.25, 0.3) is 0 Å². The van der Waals surface area contributed by atoms with Crippen molar-refractivity contribution in [2.45, 2.75) is 64.1 Å². The minimum absolute atomic E-state index is 0.0284. The van der Waals surface area contributed by atoms with Gasteiger partial charge in [0.25, 0.3) is 0 Å². The number of nitrogens with two attached hydrogens (primary N) is 1. The van der Waals surface area contributed by atoms with Crippen molar-refractivity contribution in [1.29, 1.82) is 0 Å². The summed E-state index contributed by atoms with van der Waals surface area (Å²) in [6, 6.07) is -0.0774. The van der Waals surface area contributed by atoms with Crippen molar-refractivity contribution in [3.8, 4) is 0 Å². The summed E-state index contributed by atoms with van der Waals surface area (Å²) in [4.78, 5) is 25.2.